The van der Waals surface area contributed by atoms with Crippen LogP contribution in [0.4, 0.5) is 0 Å². The predicted octanol–water partition coefficient (Wildman–Crippen LogP) is 2.14. The van der Waals surface area contributed by atoms with Crippen LogP contribution in [-0.4, -0.2) is 23.1 Å². The van der Waals surface area contributed by atoms with Gasteiger partial charge in [-0.3, -0.25) is 19.2 Å². The van der Waals surface area contributed by atoms with Gasteiger partial charge in [-0.25, -0.2) is 0 Å². The first-order valence-electron chi connectivity index (χ1n) is 5.80. The highest BCUT2D eigenvalue weighted by atomic mass is 16.2. The fraction of sp³-hybridized carbons (Fsp3) is 0.692. The third kappa shape index (κ3) is 11.0. The molecule has 0 amide bonds. The Kier molecular flexibility index (Phi) is 10.5. The van der Waals surface area contributed by atoms with Gasteiger partial charge in [0.1, 0.15) is 23.1 Å². The molecule has 98 valence electrons. The minimum Gasteiger partial charge on any atom is -0.300 e. The number of Topliss-reactive ketones (excluding diaryl/α,β-unsaturated/α-hetero) is 4. The number of rotatable bonds is 6. The Labute approximate surface area is 103 Å². The quantitative estimate of drug-likeness (QED) is 0.669. The van der Waals surface area contributed by atoms with E-state index in [2.05, 4.69) is 0 Å². The van der Waals surface area contributed by atoms with Crippen LogP contribution in [0.1, 0.15) is 53.9 Å². The zero-order chi connectivity index (χ0) is 14.0. The van der Waals surface area contributed by atoms with Crippen LogP contribution in [0.25, 0.3) is 0 Å². The first kappa shape index (κ1) is 18.1. The fourth-order valence-electron chi connectivity index (χ4n) is 0.936. The van der Waals surface area contributed by atoms with Gasteiger partial charge in [-0.05, 0) is 20.8 Å². The number of carbonyl (C=O) groups excluding carboxylic acids is 4. The van der Waals surface area contributed by atoms with Crippen molar-refractivity contribution >= 4 is 23.1 Å². The standard InChI is InChI=1S/C7H12O2.C6H10O2/c1-4-7(9)5(2)6(3)8;1-3-6(8)4-5(2)7/h5H,4H2,1-3H3;3-4H2,1-2H3. The zero-order valence-electron chi connectivity index (χ0n) is 11.3. The monoisotopic (exact) mass is 242 g/mol. The Bertz CT molecular complexity index is 292. The van der Waals surface area contributed by atoms with Crippen molar-refractivity contribution < 1.29 is 19.2 Å². The lowest BCUT2D eigenvalue weighted by atomic mass is 10.0. The van der Waals surface area contributed by atoms with Crippen LogP contribution in [0.5, 0.6) is 0 Å². The first-order valence-corrected chi connectivity index (χ1v) is 5.80. The van der Waals surface area contributed by atoms with Gasteiger partial charge in [0.15, 0.2) is 0 Å². The lowest BCUT2D eigenvalue weighted by molar-refractivity contribution is -0.131. The minimum absolute atomic E-state index is 0.0255. The van der Waals surface area contributed by atoms with Crippen molar-refractivity contribution in [2.75, 3.05) is 0 Å². The van der Waals surface area contributed by atoms with Gasteiger partial charge in [-0.1, -0.05) is 13.8 Å². The van der Waals surface area contributed by atoms with E-state index in [0.717, 1.165) is 0 Å². The highest BCUT2D eigenvalue weighted by Crippen LogP contribution is 2.00. The summed E-state index contributed by atoms with van der Waals surface area (Å²) >= 11 is 0. The van der Waals surface area contributed by atoms with Crippen molar-refractivity contribution in [2.45, 2.75) is 53.9 Å². The van der Waals surface area contributed by atoms with E-state index in [0.29, 0.717) is 12.8 Å². The van der Waals surface area contributed by atoms with Gasteiger partial charge in [-0.15, -0.1) is 0 Å². The summed E-state index contributed by atoms with van der Waals surface area (Å²) in [5.74, 6) is -0.422. The van der Waals surface area contributed by atoms with Gasteiger partial charge in [0, 0.05) is 12.8 Å². The van der Waals surface area contributed by atoms with E-state index in [1.54, 1.807) is 20.8 Å². The van der Waals surface area contributed by atoms with Gasteiger partial charge in [0.2, 0.25) is 0 Å². The van der Waals surface area contributed by atoms with Crippen molar-refractivity contribution in [1.82, 2.24) is 0 Å². The molecule has 4 nitrogen and oxygen atoms in total. The molecule has 0 bridgehead atoms. The van der Waals surface area contributed by atoms with E-state index >= 15 is 0 Å². The molecule has 0 aliphatic heterocycles. The van der Waals surface area contributed by atoms with Gasteiger partial charge in [-0.2, -0.15) is 0 Å². The summed E-state index contributed by atoms with van der Waals surface area (Å²) in [6.07, 6.45) is 1.04. The Hall–Kier alpha value is -1.32. The highest BCUT2D eigenvalue weighted by molar-refractivity contribution is 6.00. The van der Waals surface area contributed by atoms with Crippen molar-refractivity contribution in [3.8, 4) is 0 Å². The molecule has 0 saturated heterocycles. The Morgan fingerprint density at radius 2 is 1.41 bits per heavy atom. The molecule has 0 heterocycles. The van der Waals surface area contributed by atoms with E-state index in [-0.39, 0.29) is 29.6 Å². The smallest absolute Gasteiger partial charge is 0.142 e. The molecule has 1 atom stereocenters. The van der Waals surface area contributed by atoms with E-state index in [9.17, 15) is 19.2 Å². The fourth-order valence-corrected chi connectivity index (χ4v) is 0.936. The van der Waals surface area contributed by atoms with Gasteiger partial charge in [0.25, 0.3) is 0 Å². The summed E-state index contributed by atoms with van der Waals surface area (Å²) in [5.41, 5.74) is 0. The molecule has 0 aromatic rings. The van der Waals surface area contributed by atoms with Crippen LogP contribution in [0, 0.1) is 5.92 Å². The molecule has 0 N–H and O–H groups in total. The van der Waals surface area contributed by atoms with Crippen molar-refractivity contribution in [1.29, 1.82) is 0 Å². The Balaban J connectivity index is 0. The van der Waals surface area contributed by atoms with Crippen molar-refractivity contribution in [3.05, 3.63) is 0 Å². The molecule has 0 fully saturated rings. The molecule has 0 aliphatic rings. The number of hydrogen-bond acceptors (Lipinski definition) is 4. The molecular weight excluding hydrogens is 220 g/mol. The average molecular weight is 242 g/mol. The van der Waals surface area contributed by atoms with Crippen LogP contribution in [-0.2, 0) is 19.2 Å². The second-order valence-corrected chi connectivity index (χ2v) is 3.92. The third-order valence-electron chi connectivity index (χ3n) is 2.28. The summed E-state index contributed by atoms with van der Waals surface area (Å²) in [4.78, 5) is 41.8. The van der Waals surface area contributed by atoms with Crippen LogP contribution in [0.3, 0.4) is 0 Å². The molecule has 0 spiro atoms. The van der Waals surface area contributed by atoms with Crippen LogP contribution < -0.4 is 0 Å². The molecule has 0 saturated carbocycles. The second-order valence-electron chi connectivity index (χ2n) is 3.92. The number of hydrogen-bond donors (Lipinski definition) is 0. The normalized spacial score (nSPS) is 10.9. The SMILES string of the molecule is CCC(=O)C(C)C(C)=O.CCC(=O)CC(C)=O. The lowest BCUT2D eigenvalue weighted by Gasteiger charge is -2.01. The number of carbonyl (C=O) groups is 4. The average Bonchev–Trinajstić information content (AvgIpc) is 2.26. The van der Waals surface area contributed by atoms with E-state index in [1.807, 2.05) is 0 Å². The van der Waals surface area contributed by atoms with Gasteiger partial charge >= 0.3 is 0 Å². The summed E-state index contributed by atoms with van der Waals surface area (Å²) in [6.45, 7) is 8.03. The molecular formula is C13H22O4. The topological polar surface area (TPSA) is 68.3 Å². The molecule has 0 aliphatic carbocycles. The maximum atomic E-state index is 10.7. The van der Waals surface area contributed by atoms with E-state index < -0.39 is 5.92 Å². The molecule has 1 unspecified atom stereocenters. The molecule has 0 radical (unpaired) electrons. The minimum atomic E-state index is -0.394. The maximum absolute atomic E-state index is 10.7. The summed E-state index contributed by atoms with van der Waals surface area (Å²) < 4.78 is 0. The molecule has 0 aromatic carbocycles. The molecule has 0 rings (SSSR count). The summed E-state index contributed by atoms with van der Waals surface area (Å²) in [6, 6.07) is 0. The molecule has 4 heteroatoms. The lowest BCUT2D eigenvalue weighted by Crippen LogP contribution is -2.16. The molecule has 0 aromatic heterocycles. The van der Waals surface area contributed by atoms with Crippen LogP contribution in [0.15, 0.2) is 0 Å². The first-order chi connectivity index (χ1) is 7.76. The van der Waals surface area contributed by atoms with Gasteiger partial charge < -0.3 is 0 Å². The van der Waals surface area contributed by atoms with Gasteiger partial charge in [0.05, 0.1) is 12.3 Å². The molecule has 17 heavy (non-hydrogen) atoms. The Morgan fingerprint density at radius 3 is 1.53 bits per heavy atom. The predicted molar refractivity (Wildman–Crippen MR) is 65.7 cm³/mol. The van der Waals surface area contributed by atoms with Crippen LogP contribution in [0.2, 0.25) is 0 Å². The summed E-state index contributed by atoms with van der Waals surface area (Å²) in [7, 11) is 0. The maximum Gasteiger partial charge on any atom is 0.142 e. The summed E-state index contributed by atoms with van der Waals surface area (Å²) in [5, 5.41) is 0. The third-order valence-corrected chi connectivity index (χ3v) is 2.28. The number of ketones is 4. The van der Waals surface area contributed by atoms with E-state index in [1.165, 1.54) is 13.8 Å². The largest absolute Gasteiger partial charge is 0.300 e. The Morgan fingerprint density at radius 1 is 0.941 bits per heavy atom. The van der Waals surface area contributed by atoms with Crippen molar-refractivity contribution in [2.24, 2.45) is 5.92 Å². The van der Waals surface area contributed by atoms with Crippen LogP contribution >= 0.6 is 0 Å². The highest BCUT2D eigenvalue weighted by Gasteiger charge is 2.14. The van der Waals surface area contributed by atoms with E-state index in [4.69, 9.17) is 0 Å². The van der Waals surface area contributed by atoms with Crippen molar-refractivity contribution in [3.63, 3.8) is 0 Å². The zero-order valence-corrected chi connectivity index (χ0v) is 11.3. The second kappa shape index (κ2) is 9.87.